The Bertz CT molecular complexity index is 525. The van der Waals surface area contributed by atoms with Crippen molar-refractivity contribution in [1.29, 1.82) is 0 Å². The van der Waals surface area contributed by atoms with E-state index in [-0.39, 0.29) is 18.4 Å². The lowest BCUT2D eigenvalue weighted by Gasteiger charge is -2.28. The molecule has 2 unspecified atom stereocenters. The highest BCUT2D eigenvalue weighted by molar-refractivity contribution is 7.12. The fourth-order valence-electron chi connectivity index (χ4n) is 2.29. The first kappa shape index (κ1) is 16.4. The van der Waals surface area contributed by atoms with E-state index in [1.165, 1.54) is 11.3 Å². The molecule has 8 heteroatoms. The maximum Gasteiger partial charge on any atom is 0.326 e. The monoisotopic (exact) mass is 326 g/mol. The fourth-order valence-corrected chi connectivity index (χ4v) is 2.93. The van der Waals surface area contributed by atoms with Crippen LogP contribution < -0.4 is 10.6 Å². The van der Waals surface area contributed by atoms with Gasteiger partial charge >= 0.3 is 5.97 Å². The predicted octanol–water partition coefficient (Wildman–Crippen LogP) is 0.474. The number of carbonyl (C=O) groups is 3. The van der Waals surface area contributed by atoms with Gasteiger partial charge in [0.25, 0.3) is 5.91 Å². The van der Waals surface area contributed by atoms with Crippen LogP contribution in [0.2, 0.25) is 0 Å². The largest absolute Gasteiger partial charge is 0.480 e. The lowest BCUT2D eigenvalue weighted by Crippen LogP contribution is -2.50. The van der Waals surface area contributed by atoms with E-state index in [2.05, 4.69) is 10.6 Å². The molecule has 3 N–H and O–H groups in total. The molecule has 0 radical (unpaired) electrons. The first-order chi connectivity index (χ1) is 10.6. The van der Waals surface area contributed by atoms with E-state index in [0.717, 1.165) is 6.42 Å². The molecule has 0 aromatic carbocycles. The van der Waals surface area contributed by atoms with Gasteiger partial charge in [-0.05, 0) is 24.3 Å². The SMILES string of the molecule is O=C(CNC(=O)c1cccs1)NC(C(=O)O)C1CCCOC1. The number of carbonyl (C=O) groups excluding carboxylic acids is 2. The van der Waals surface area contributed by atoms with Gasteiger partial charge in [0, 0.05) is 12.5 Å². The van der Waals surface area contributed by atoms with Gasteiger partial charge in [-0.2, -0.15) is 0 Å². The van der Waals surface area contributed by atoms with E-state index >= 15 is 0 Å². The second-order valence-corrected chi connectivity index (χ2v) is 5.97. The third-order valence-electron chi connectivity index (χ3n) is 3.40. The van der Waals surface area contributed by atoms with Gasteiger partial charge < -0.3 is 20.5 Å². The summed E-state index contributed by atoms with van der Waals surface area (Å²) in [4.78, 5) is 35.4. The predicted molar refractivity (Wildman–Crippen MR) is 79.8 cm³/mol. The number of amides is 2. The lowest BCUT2D eigenvalue weighted by atomic mass is 9.93. The van der Waals surface area contributed by atoms with Crippen LogP contribution >= 0.6 is 11.3 Å². The van der Waals surface area contributed by atoms with Crippen molar-refractivity contribution < 1.29 is 24.2 Å². The summed E-state index contributed by atoms with van der Waals surface area (Å²) in [6.45, 7) is 0.681. The number of hydrogen-bond acceptors (Lipinski definition) is 5. The number of ether oxygens (including phenoxy) is 1. The maximum atomic E-state index is 11.8. The summed E-state index contributed by atoms with van der Waals surface area (Å²) in [6.07, 6.45) is 1.47. The van der Waals surface area contributed by atoms with Crippen LogP contribution in [0, 0.1) is 5.92 Å². The molecule has 120 valence electrons. The average Bonchev–Trinajstić information content (AvgIpc) is 3.05. The number of nitrogens with one attached hydrogen (secondary N) is 2. The Morgan fingerprint density at radius 1 is 1.45 bits per heavy atom. The van der Waals surface area contributed by atoms with Crippen LogP contribution in [-0.4, -0.2) is 48.7 Å². The van der Waals surface area contributed by atoms with Crippen molar-refractivity contribution >= 4 is 29.1 Å². The third-order valence-corrected chi connectivity index (χ3v) is 4.27. The minimum atomic E-state index is -1.09. The van der Waals surface area contributed by atoms with Gasteiger partial charge in [0.2, 0.25) is 5.91 Å². The van der Waals surface area contributed by atoms with Crippen molar-refractivity contribution in [2.45, 2.75) is 18.9 Å². The van der Waals surface area contributed by atoms with E-state index < -0.39 is 17.9 Å². The van der Waals surface area contributed by atoms with Gasteiger partial charge in [0.05, 0.1) is 18.0 Å². The van der Waals surface area contributed by atoms with E-state index in [9.17, 15) is 19.5 Å². The summed E-state index contributed by atoms with van der Waals surface area (Å²) in [5, 5.41) is 15.9. The Balaban J connectivity index is 1.83. The standard InChI is InChI=1S/C14H18N2O5S/c17-11(7-15-13(18)10-4-2-6-22-10)16-12(14(19)20)9-3-1-5-21-8-9/h2,4,6,9,12H,1,3,5,7-8H2,(H,15,18)(H,16,17)(H,19,20). The normalized spacial score (nSPS) is 19.2. The molecule has 2 rings (SSSR count). The van der Waals surface area contributed by atoms with E-state index in [0.29, 0.717) is 24.5 Å². The molecule has 1 aliphatic rings. The lowest BCUT2D eigenvalue weighted by molar-refractivity contribution is -0.145. The van der Waals surface area contributed by atoms with Crippen LogP contribution in [0.1, 0.15) is 22.5 Å². The van der Waals surface area contributed by atoms with Crippen LogP contribution in [0.15, 0.2) is 17.5 Å². The van der Waals surface area contributed by atoms with Crippen LogP contribution in [-0.2, 0) is 14.3 Å². The van der Waals surface area contributed by atoms with Gasteiger partial charge in [-0.3, -0.25) is 9.59 Å². The second-order valence-electron chi connectivity index (χ2n) is 5.02. The molecule has 0 aliphatic carbocycles. The van der Waals surface area contributed by atoms with Gasteiger partial charge in [-0.15, -0.1) is 11.3 Å². The van der Waals surface area contributed by atoms with Crippen LogP contribution in [0.4, 0.5) is 0 Å². The van der Waals surface area contributed by atoms with Gasteiger partial charge in [-0.25, -0.2) is 4.79 Å². The molecule has 1 saturated heterocycles. The summed E-state index contributed by atoms with van der Waals surface area (Å²) in [7, 11) is 0. The zero-order valence-electron chi connectivity index (χ0n) is 11.9. The Hall–Kier alpha value is -1.93. The minimum Gasteiger partial charge on any atom is -0.480 e. The summed E-state index contributed by atoms with van der Waals surface area (Å²) in [6, 6.07) is 2.40. The molecule has 1 aromatic rings. The zero-order chi connectivity index (χ0) is 15.9. The molecule has 22 heavy (non-hydrogen) atoms. The van der Waals surface area contributed by atoms with E-state index in [1.807, 2.05) is 0 Å². The molecule has 1 fully saturated rings. The molecule has 0 spiro atoms. The van der Waals surface area contributed by atoms with Gasteiger partial charge in [-0.1, -0.05) is 6.07 Å². The maximum absolute atomic E-state index is 11.8. The molecular weight excluding hydrogens is 308 g/mol. The number of carboxylic acid groups (broad SMARTS) is 1. The Kier molecular flexibility index (Phi) is 5.91. The van der Waals surface area contributed by atoms with E-state index in [4.69, 9.17) is 4.74 Å². The highest BCUT2D eigenvalue weighted by Crippen LogP contribution is 2.17. The number of thiophene rings is 1. The van der Waals surface area contributed by atoms with Crippen molar-refractivity contribution in [2.24, 2.45) is 5.92 Å². The number of aliphatic carboxylic acids is 1. The number of rotatable bonds is 6. The molecule has 7 nitrogen and oxygen atoms in total. The number of hydrogen-bond donors (Lipinski definition) is 3. The first-order valence-electron chi connectivity index (χ1n) is 6.99. The number of carboxylic acids is 1. The van der Waals surface area contributed by atoms with Crippen molar-refractivity contribution in [3.05, 3.63) is 22.4 Å². The van der Waals surface area contributed by atoms with Crippen LogP contribution in [0.5, 0.6) is 0 Å². The quantitative estimate of drug-likeness (QED) is 0.705. The van der Waals surface area contributed by atoms with Gasteiger partial charge in [0.1, 0.15) is 6.04 Å². The highest BCUT2D eigenvalue weighted by Gasteiger charge is 2.31. The highest BCUT2D eigenvalue weighted by atomic mass is 32.1. The first-order valence-corrected chi connectivity index (χ1v) is 7.87. The molecule has 1 aliphatic heterocycles. The van der Waals surface area contributed by atoms with E-state index in [1.54, 1.807) is 17.5 Å². The minimum absolute atomic E-state index is 0.247. The smallest absolute Gasteiger partial charge is 0.326 e. The summed E-state index contributed by atoms with van der Waals surface area (Å²) < 4.78 is 5.26. The average molecular weight is 326 g/mol. The third kappa shape index (κ3) is 4.54. The Morgan fingerprint density at radius 3 is 2.86 bits per heavy atom. The molecule has 0 bridgehead atoms. The fraction of sp³-hybridized carbons (Fsp3) is 0.500. The van der Waals surface area contributed by atoms with Crippen LogP contribution in [0.25, 0.3) is 0 Å². The molecule has 1 aromatic heterocycles. The van der Waals surface area contributed by atoms with Crippen molar-refractivity contribution in [2.75, 3.05) is 19.8 Å². The summed E-state index contributed by atoms with van der Waals surface area (Å²) >= 11 is 1.27. The van der Waals surface area contributed by atoms with Crippen molar-refractivity contribution in [3.8, 4) is 0 Å². The summed E-state index contributed by atoms with van der Waals surface area (Å²) in [5.74, 6) is -2.21. The molecule has 0 saturated carbocycles. The molecule has 2 amide bonds. The topological polar surface area (TPSA) is 105 Å². The van der Waals surface area contributed by atoms with Gasteiger partial charge in [0.15, 0.2) is 0 Å². The Labute approximate surface area is 131 Å². The molecule has 2 atom stereocenters. The zero-order valence-corrected chi connectivity index (χ0v) is 12.7. The molecule has 2 heterocycles. The summed E-state index contributed by atoms with van der Waals surface area (Å²) in [5.41, 5.74) is 0. The van der Waals surface area contributed by atoms with Crippen molar-refractivity contribution in [1.82, 2.24) is 10.6 Å². The van der Waals surface area contributed by atoms with Crippen molar-refractivity contribution in [3.63, 3.8) is 0 Å². The van der Waals surface area contributed by atoms with Crippen LogP contribution in [0.3, 0.4) is 0 Å². The molecular formula is C14H18N2O5S. The Morgan fingerprint density at radius 2 is 2.27 bits per heavy atom. The second kappa shape index (κ2) is 7.90.